The molecule has 0 spiro atoms. The van der Waals surface area contributed by atoms with Crippen LogP contribution in [0.2, 0.25) is 0 Å². The first-order chi connectivity index (χ1) is 15.7. The monoisotopic (exact) mass is 458 g/mol. The molecule has 3 aromatic rings. The van der Waals surface area contributed by atoms with E-state index in [0.29, 0.717) is 11.8 Å². The second-order valence-electron chi connectivity index (χ2n) is 7.19. The Labute approximate surface area is 184 Å². The van der Waals surface area contributed by atoms with Gasteiger partial charge < -0.3 is 10.1 Å². The van der Waals surface area contributed by atoms with Crippen molar-refractivity contribution >= 4 is 29.4 Å². The number of methoxy groups -OCH3 is 1. The minimum Gasteiger partial charge on any atom is -0.377 e. The summed E-state index contributed by atoms with van der Waals surface area (Å²) in [5, 5.41) is 14.1. The number of carbonyl (C=O) groups is 1. The number of ether oxygens (including phenoxy) is 1. The third-order valence-corrected chi connectivity index (χ3v) is 5.11. The Kier molecular flexibility index (Phi) is 5.73. The Morgan fingerprint density at radius 3 is 2.55 bits per heavy atom. The van der Waals surface area contributed by atoms with Crippen molar-refractivity contribution < 1.29 is 27.6 Å². The first-order valence-corrected chi connectivity index (χ1v) is 9.75. The number of alkyl halides is 3. The molecule has 1 N–H and O–H groups in total. The number of nitro benzene ring substituents is 1. The molecule has 0 aliphatic heterocycles. The molecular formula is C22H17F3N4O4. The summed E-state index contributed by atoms with van der Waals surface area (Å²) in [7, 11) is 1.47. The summed E-state index contributed by atoms with van der Waals surface area (Å²) in [5.74, 6) is -1.78. The number of nitro groups is 1. The quantitative estimate of drug-likeness (QED) is 0.468. The number of anilines is 1. The molecule has 0 saturated carbocycles. The van der Waals surface area contributed by atoms with Crippen LogP contribution in [0.1, 0.15) is 22.6 Å². The van der Waals surface area contributed by atoms with Gasteiger partial charge in [-0.3, -0.25) is 19.5 Å². The average Bonchev–Trinajstić information content (AvgIpc) is 3.19. The fourth-order valence-electron chi connectivity index (χ4n) is 3.57. The van der Waals surface area contributed by atoms with E-state index in [4.69, 9.17) is 4.74 Å². The smallest absolute Gasteiger partial charge is 0.377 e. The molecule has 4 rings (SSSR count). The highest BCUT2D eigenvalue weighted by Crippen LogP contribution is 2.28. The minimum absolute atomic E-state index is 0.132. The number of nitrogens with one attached hydrogen (secondary N) is 1. The maximum absolute atomic E-state index is 13.7. The number of imidazole rings is 1. The van der Waals surface area contributed by atoms with Crippen LogP contribution in [0.4, 0.5) is 24.5 Å². The summed E-state index contributed by atoms with van der Waals surface area (Å²) in [6.07, 6.45) is -1.48. The van der Waals surface area contributed by atoms with Gasteiger partial charge in [-0.2, -0.15) is 13.2 Å². The molecule has 0 radical (unpaired) electrons. The van der Waals surface area contributed by atoms with E-state index in [0.717, 1.165) is 4.57 Å². The van der Waals surface area contributed by atoms with Crippen LogP contribution < -0.4 is 16.0 Å². The van der Waals surface area contributed by atoms with Crippen LogP contribution >= 0.6 is 0 Å². The number of amides is 1. The largest absolute Gasteiger partial charge is 0.450 e. The van der Waals surface area contributed by atoms with Gasteiger partial charge >= 0.3 is 6.18 Å². The topological polar surface area (TPSA) is 99.3 Å². The molecule has 1 aliphatic rings. The van der Waals surface area contributed by atoms with Gasteiger partial charge in [-0.05, 0) is 42.8 Å². The number of hydrogen-bond acceptors (Lipinski definition) is 5. The van der Waals surface area contributed by atoms with Crippen LogP contribution in [-0.4, -0.2) is 33.6 Å². The Morgan fingerprint density at radius 1 is 1.21 bits per heavy atom. The molecule has 1 heterocycles. The Balaban J connectivity index is 1.68. The van der Waals surface area contributed by atoms with E-state index < -0.39 is 22.8 Å². The normalized spacial score (nSPS) is 15.2. The van der Waals surface area contributed by atoms with Crippen molar-refractivity contribution in [2.45, 2.75) is 18.7 Å². The lowest BCUT2D eigenvalue weighted by molar-refractivity contribution is -0.385. The SMILES string of the molecule is COC1C=c2nc(C(F)(F)F)n(-c3ccc(NC(=O)c4ccccc4[N+](=O)[O-])cc3)c2=CC1. The van der Waals surface area contributed by atoms with Crippen molar-refractivity contribution in [2.24, 2.45) is 0 Å². The first-order valence-electron chi connectivity index (χ1n) is 9.75. The summed E-state index contributed by atoms with van der Waals surface area (Å²) < 4.78 is 47.3. The maximum Gasteiger partial charge on any atom is 0.450 e. The zero-order valence-electron chi connectivity index (χ0n) is 17.2. The lowest BCUT2D eigenvalue weighted by Gasteiger charge is -2.13. The molecule has 0 fully saturated rings. The molecule has 2 aromatic carbocycles. The summed E-state index contributed by atoms with van der Waals surface area (Å²) in [6.45, 7) is 0. The van der Waals surface area contributed by atoms with E-state index in [1.165, 1.54) is 55.6 Å². The third kappa shape index (κ3) is 4.35. The average molecular weight is 458 g/mol. The second-order valence-corrected chi connectivity index (χ2v) is 7.19. The number of benzene rings is 2. The highest BCUT2D eigenvalue weighted by molar-refractivity contribution is 6.07. The molecule has 1 amide bonds. The molecule has 1 aromatic heterocycles. The molecule has 8 nitrogen and oxygen atoms in total. The predicted molar refractivity (Wildman–Crippen MR) is 113 cm³/mol. The van der Waals surface area contributed by atoms with E-state index in [-0.39, 0.29) is 34.1 Å². The van der Waals surface area contributed by atoms with Crippen LogP contribution in [0.25, 0.3) is 17.8 Å². The van der Waals surface area contributed by atoms with Crippen LogP contribution in [-0.2, 0) is 10.9 Å². The first kappa shape index (κ1) is 22.2. The summed E-state index contributed by atoms with van der Waals surface area (Å²) in [5.41, 5.74) is -0.0280. The van der Waals surface area contributed by atoms with Gasteiger partial charge in [0, 0.05) is 24.6 Å². The van der Waals surface area contributed by atoms with Gasteiger partial charge in [0.05, 0.1) is 21.7 Å². The van der Waals surface area contributed by atoms with E-state index in [1.807, 2.05) is 0 Å². The molecule has 1 unspecified atom stereocenters. The van der Waals surface area contributed by atoms with Crippen LogP contribution in [0.5, 0.6) is 0 Å². The number of aromatic nitrogens is 2. The highest BCUT2D eigenvalue weighted by atomic mass is 19.4. The molecule has 170 valence electrons. The van der Waals surface area contributed by atoms with E-state index in [1.54, 1.807) is 12.2 Å². The van der Waals surface area contributed by atoms with Crippen molar-refractivity contribution in [3.05, 3.63) is 80.7 Å². The predicted octanol–water partition coefficient (Wildman–Crippen LogP) is 3.03. The zero-order chi connectivity index (χ0) is 23.8. The lowest BCUT2D eigenvalue weighted by atomic mass is 10.1. The number of para-hydroxylation sites is 1. The summed E-state index contributed by atoms with van der Waals surface area (Å²) in [6, 6.07) is 11.1. The van der Waals surface area contributed by atoms with E-state index in [9.17, 15) is 28.1 Å². The Hall–Kier alpha value is -3.99. The number of carbonyl (C=O) groups excluding carboxylic acids is 1. The highest BCUT2D eigenvalue weighted by Gasteiger charge is 2.38. The maximum atomic E-state index is 13.7. The molecule has 0 bridgehead atoms. The molecular weight excluding hydrogens is 441 g/mol. The lowest BCUT2D eigenvalue weighted by Crippen LogP contribution is -2.35. The Bertz CT molecular complexity index is 1350. The van der Waals surface area contributed by atoms with Crippen molar-refractivity contribution in [3.63, 3.8) is 0 Å². The van der Waals surface area contributed by atoms with Gasteiger partial charge in [-0.25, -0.2) is 4.98 Å². The summed E-state index contributed by atoms with van der Waals surface area (Å²) in [4.78, 5) is 26.7. The second kappa shape index (κ2) is 8.51. The van der Waals surface area contributed by atoms with Gasteiger partial charge in [-0.15, -0.1) is 0 Å². The van der Waals surface area contributed by atoms with Crippen LogP contribution in [0, 0.1) is 10.1 Å². The van der Waals surface area contributed by atoms with Crippen molar-refractivity contribution in [3.8, 4) is 5.69 Å². The molecule has 11 heteroatoms. The number of halogens is 3. The van der Waals surface area contributed by atoms with E-state index in [2.05, 4.69) is 10.3 Å². The van der Waals surface area contributed by atoms with Gasteiger partial charge in [0.25, 0.3) is 11.6 Å². The van der Waals surface area contributed by atoms with Gasteiger partial charge in [0.1, 0.15) is 5.56 Å². The molecule has 33 heavy (non-hydrogen) atoms. The van der Waals surface area contributed by atoms with Gasteiger partial charge in [0.15, 0.2) is 0 Å². The van der Waals surface area contributed by atoms with E-state index >= 15 is 0 Å². The van der Waals surface area contributed by atoms with Crippen LogP contribution in [0.15, 0.2) is 48.5 Å². The fourth-order valence-corrected chi connectivity index (χ4v) is 3.57. The molecule has 1 aliphatic carbocycles. The van der Waals surface area contributed by atoms with Gasteiger partial charge in [-0.1, -0.05) is 18.2 Å². The van der Waals surface area contributed by atoms with Crippen molar-refractivity contribution in [1.82, 2.24) is 9.55 Å². The summed E-state index contributed by atoms with van der Waals surface area (Å²) >= 11 is 0. The number of hydrogen-bond donors (Lipinski definition) is 1. The number of fused-ring (bicyclic) bond motifs is 1. The molecule has 1 atom stereocenters. The fraction of sp³-hybridized carbons (Fsp3) is 0.182. The number of rotatable bonds is 5. The Morgan fingerprint density at radius 2 is 1.91 bits per heavy atom. The third-order valence-electron chi connectivity index (χ3n) is 5.11. The van der Waals surface area contributed by atoms with Crippen molar-refractivity contribution in [2.75, 3.05) is 12.4 Å². The zero-order valence-corrected chi connectivity index (χ0v) is 17.2. The number of nitrogens with zero attached hydrogens (tertiary/aromatic N) is 3. The molecule has 0 saturated heterocycles. The van der Waals surface area contributed by atoms with Crippen molar-refractivity contribution in [1.29, 1.82) is 0 Å². The van der Waals surface area contributed by atoms with Crippen LogP contribution in [0.3, 0.4) is 0 Å². The van der Waals surface area contributed by atoms with Gasteiger partial charge in [0.2, 0.25) is 5.82 Å². The standard InChI is InChI=1S/C22H17F3N4O4/c1-33-15-10-11-19-17(12-15)27-21(22(23,24)25)28(19)14-8-6-13(7-9-14)26-20(30)16-4-2-3-5-18(16)29(31)32/h2-9,11-12,15H,10H2,1H3,(H,26,30). The minimum atomic E-state index is -4.69.